The molecule has 1 amide bonds. The van der Waals surface area contributed by atoms with E-state index < -0.39 is 0 Å². The molecule has 0 aliphatic heterocycles. The van der Waals surface area contributed by atoms with Crippen LogP contribution in [0.25, 0.3) is 11.1 Å². The Hall–Kier alpha value is -2.61. The van der Waals surface area contributed by atoms with E-state index in [2.05, 4.69) is 69.4 Å². The van der Waals surface area contributed by atoms with E-state index in [1.165, 1.54) is 36.8 Å². The maximum absolute atomic E-state index is 12.7. The van der Waals surface area contributed by atoms with Gasteiger partial charge < -0.3 is 5.32 Å². The third-order valence-corrected chi connectivity index (χ3v) is 7.43. The first-order chi connectivity index (χ1) is 14.8. The van der Waals surface area contributed by atoms with Gasteiger partial charge in [0.25, 0.3) is 5.91 Å². The molecule has 1 N–H and O–H groups in total. The van der Waals surface area contributed by atoms with E-state index in [1.54, 1.807) is 0 Å². The minimum absolute atomic E-state index is 0.0590. The third kappa shape index (κ3) is 5.01. The summed E-state index contributed by atoms with van der Waals surface area (Å²) >= 11 is 0. The first kappa shape index (κ1) is 21.6. The quantitative estimate of drug-likeness (QED) is 0.552. The van der Waals surface area contributed by atoms with Crippen LogP contribution in [0.4, 0.5) is 0 Å². The van der Waals surface area contributed by atoms with Crippen molar-refractivity contribution in [2.75, 3.05) is 0 Å². The number of carbonyl (C=O) groups is 1. The number of hydrogen-bond donors (Lipinski definition) is 1. The highest BCUT2D eigenvalue weighted by Crippen LogP contribution is 2.36. The highest BCUT2D eigenvalue weighted by molar-refractivity contribution is 5.96. The molecule has 1 fully saturated rings. The molecule has 2 aromatic rings. The van der Waals surface area contributed by atoms with Crippen LogP contribution in [0.1, 0.15) is 75.2 Å². The van der Waals surface area contributed by atoms with Gasteiger partial charge in [-0.1, -0.05) is 89.1 Å². The van der Waals surface area contributed by atoms with E-state index in [-0.39, 0.29) is 11.3 Å². The van der Waals surface area contributed by atoms with E-state index in [0.717, 1.165) is 17.2 Å². The van der Waals surface area contributed by atoms with Crippen molar-refractivity contribution in [2.24, 2.45) is 17.3 Å². The molecule has 2 aromatic carbocycles. The number of rotatable bonds is 4. The second kappa shape index (κ2) is 8.86. The predicted molar refractivity (Wildman–Crippen MR) is 130 cm³/mol. The van der Waals surface area contributed by atoms with E-state index in [1.807, 2.05) is 30.3 Å². The molecule has 0 aromatic heterocycles. The van der Waals surface area contributed by atoms with Crippen molar-refractivity contribution in [1.82, 2.24) is 5.32 Å². The fourth-order valence-electron chi connectivity index (χ4n) is 4.64. The van der Waals surface area contributed by atoms with E-state index in [9.17, 15) is 4.79 Å². The highest BCUT2D eigenvalue weighted by Gasteiger charge is 2.25. The molecule has 1 atom stereocenters. The lowest BCUT2D eigenvalue weighted by atomic mass is 9.76. The summed E-state index contributed by atoms with van der Waals surface area (Å²) in [6.07, 6.45) is 11.6. The fourth-order valence-corrected chi connectivity index (χ4v) is 4.64. The van der Waals surface area contributed by atoms with Crippen LogP contribution >= 0.6 is 0 Å². The zero-order chi connectivity index (χ0) is 22.0. The molecule has 0 saturated heterocycles. The molecule has 0 radical (unpaired) electrons. The second-order valence-electron chi connectivity index (χ2n) is 10.2. The van der Waals surface area contributed by atoms with Gasteiger partial charge in [-0.25, -0.2) is 0 Å². The molecule has 162 valence electrons. The van der Waals surface area contributed by atoms with Gasteiger partial charge in [0.2, 0.25) is 0 Å². The Morgan fingerprint density at radius 1 is 0.871 bits per heavy atom. The molecular weight excluding hydrogens is 378 g/mol. The molecule has 2 heteroatoms. The zero-order valence-electron chi connectivity index (χ0n) is 19.3. The Kier molecular flexibility index (Phi) is 6.18. The van der Waals surface area contributed by atoms with Gasteiger partial charge in [-0.3, -0.25) is 4.79 Å². The Bertz CT molecular complexity index is 970. The standard InChI is InChI=1S/C29H35NO/c1-20-5-7-22(8-6-20)23-9-11-24(12-10-23)25-13-15-26(16-14-25)28(31)30-27-17-18-29(3,4)21(2)19-27/h9-22H,5-8H2,1-4H3,(H,30,31). The van der Waals surface area contributed by atoms with Crippen LogP contribution in [0.3, 0.4) is 0 Å². The minimum Gasteiger partial charge on any atom is -0.322 e. The van der Waals surface area contributed by atoms with Crippen molar-refractivity contribution in [3.8, 4) is 11.1 Å². The monoisotopic (exact) mass is 413 g/mol. The van der Waals surface area contributed by atoms with Gasteiger partial charge in [0.05, 0.1) is 0 Å². The maximum Gasteiger partial charge on any atom is 0.255 e. The van der Waals surface area contributed by atoms with Crippen molar-refractivity contribution in [1.29, 1.82) is 0 Å². The van der Waals surface area contributed by atoms with Gasteiger partial charge in [-0.15, -0.1) is 0 Å². The number of allylic oxidation sites excluding steroid dienone is 3. The average molecular weight is 414 g/mol. The summed E-state index contributed by atoms with van der Waals surface area (Å²) in [6, 6.07) is 17.0. The summed E-state index contributed by atoms with van der Waals surface area (Å²) in [5.74, 6) is 1.92. The summed E-state index contributed by atoms with van der Waals surface area (Å²) in [7, 11) is 0. The SMILES string of the molecule is CC1CCC(c2ccc(-c3ccc(C(=O)NC4=CC(C)C(C)(C)C=C4)cc3)cc2)CC1. The van der Waals surface area contributed by atoms with Crippen LogP contribution < -0.4 is 5.32 Å². The van der Waals surface area contributed by atoms with Crippen LogP contribution in [0.5, 0.6) is 0 Å². The molecule has 31 heavy (non-hydrogen) atoms. The topological polar surface area (TPSA) is 29.1 Å². The fraction of sp³-hybridized carbons (Fsp3) is 0.414. The Labute approximate surface area is 187 Å². The van der Waals surface area contributed by atoms with Crippen LogP contribution in [0.2, 0.25) is 0 Å². The van der Waals surface area contributed by atoms with Crippen molar-refractivity contribution in [3.05, 3.63) is 83.6 Å². The molecule has 2 nitrogen and oxygen atoms in total. The van der Waals surface area contributed by atoms with Gasteiger partial charge in [0.15, 0.2) is 0 Å². The molecule has 1 unspecified atom stereocenters. The summed E-state index contributed by atoms with van der Waals surface area (Å²) in [5, 5.41) is 3.04. The summed E-state index contributed by atoms with van der Waals surface area (Å²) in [4.78, 5) is 12.7. The van der Waals surface area contributed by atoms with Gasteiger partial charge in [0, 0.05) is 11.3 Å². The summed E-state index contributed by atoms with van der Waals surface area (Å²) in [6.45, 7) is 8.98. The van der Waals surface area contributed by atoms with Gasteiger partial charge >= 0.3 is 0 Å². The molecule has 1 saturated carbocycles. The number of nitrogens with one attached hydrogen (secondary N) is 1. The Balaban J connectivity index is 1.40. The minimum atomic E-state index is -0.0590. The van der Waals surface area contributed by atoms with E-state index in [0.29, 0.717) is 17.4 Å². The van der Waals surface area contributed by atoms with E-state index in [4.69, 9.17) is 0 Å². The van der Waals surface area contributed by atoms with Crippen LogP contribution in [-0.4, -0.2) is 5.91 Å². The van der Waals surface area contributed by atoms with Gasteiger partial charge in [-0.05, 0) is 70.9 Å². The molecule has 2 aliphatic carbocycles. The highest BCUT2D eigenvalue weighted by atomic mass is 16.1. The lowest BCUT2D eigenvalue weighted by Gasteiger charge is -2.30. The molecular formula is C29H35NO. The average Bonchev–Trinajstić information content (AvgIpc) is 2.77. The number of amides is 1. The van der Waals surface area contributed by atoms with Crippen molar-refractivity contribution < 1.29 is 4.79 Å². The molecule has 2 aliphatic rings. The second-order valence-corrected chi connectivity index (χ2v) is 10.2. The maximum atomic E-state index is 12.7. The summed E-state index contributed by atoms with van der Waals surface area (Å²) in [5.41, 5.74) is 5.51. The molecule has 4 rings (SSSR count). The number of hydrogen-bond acceptors (Lipinski definition) is 1. The largest absolute Gasteiger partial charge is 0.322 e. The summed E-state index contributed by atoms with van der Waals surface area (Å²) < 4.78 is 0. The van der Waals surface area contributed by atoms with Gasteiger partial charge in [-0.2, -0.15) is 0 Å². The van der Waals surface area contributed by atoms with Crippen molar-refractivity contribution >= 4 is 5.91 Å². The zero-order valence-corrected chi connectivity index (χ0v) is 19.3. The van der Waals surface area contributed by atoms with E-state index >= 15 is 0 Å². The van der Waals surface area contributed by atoms with Crippen molar-refractivity contribution in [3.63, 3.8) is 0 Å². The smallest absolute Gasteiger partial charge is 0.255 e. The molecule has 0 spiro atoms. The Morgan fingerprint density at radius 2 is 1.45 bits per heavy atom. The third-order valence-electron chi connectivity index (χ3n) is 7.43. The lowest BCUT2D eigenvalue weighted by Crippen LogP contribution is -2.27. The Morgan fingerprint density at radius 3 is 2.03 bits per heavy atom. The van der Waals surface area contributed by atoms with Crippen molar-refractivity contribution in [2.45, 2.75) is 59.3 Å². The van der Waals surface area contributed by atoms with Gasteiger partial charge in [0.1, 0.15) is 0 Å². The number of carbonyl (C=O) groups excluding carboxylic acids is 1. The van der Waals surface area contributed by atoms with Crippen LogP contribution in [0.15, 0.2) is 72.5 Å². The lowest BCUT2D eigenvalue weighted by molar-refractivity contribution is 0.0966. The first-order valence-electron chi connectivity index (χ1n) is 11.7. The van der Waals surface area contributed by atoms with Crippen LogP contribution in [0, 0.1) is 17.3 Å². The molecule has 0 bridgehead atoms. The van der Waals surface area contributed by atoms with Crippen LogP contribution in [-0.2, 0) is 0 Å². The molecule has 0 heterocycles. The predicted octanol–water partition coefficient (Wildman–Crippen LogP) is 7.49. The number of benzene rings is 2. The normalized spacial score (nSPS) is 25.0. The first-order valence-corrected chi connectivity index (χ1v) is 11.7.